The molecule has 8 heteroatoms. The maximum Gasteiger partial charge on any atom is 0.255 e. The van der Waals surface area contributed by atoms with Crippen molar-refractivity contribution in [1.82, 2.24) is 14.9 Å². The molecule has 6 nitrogen and oxygen atoms in total. The van der Waals surface area contributed by atoms with Gasteiger partial charge in [-0.3, -0.25) is 4.79 Å². The molecule has 0 saturated carbocycles. The van der Waals surface area contributed by atoms with E-state index in [9.17, 15) is 4.79 Å². The fraction of sp³-hybridized carbons (Fsp3) is 0.438. The number of morpholine rings is 1. The molecule has 128 valence electrons. The minimum Gasteiger partial charge on any atom is -0.378 e. The van der Waals surface area contributed by atoms with Crippen LogP contribution in [0.3, 0.4) is 0 Å². The zero-order valence-electron chi connectivity index (χ0n) is 13.4. The molecule has 0 unspecified atom stereocenters. The average Bonchev–Trinajstić information content (AvgIpc) is 3.02. The fourth-order valence-electron chi connectivity index (χ4n) is 2.44. The lowest BCUT2D eigenvalue weighted by Crippen LogP contribution is -2.40. The fourth-order valence-corrected chi connectivity index (χ4v) is 3.46. The first-order valence-electron chi connectivity index (χ1n) is 7.81. The maximum atomic E-state index is 12.4. The van der Waals surface area contributed by atoms with Crippen LogP contribution in [0, 0.1) is 6.92 Å². The Hall–Kier alpha value is -1.70. The number of anilines is 1. The first kappa shape index (κ1) is 17.1. The minimum absolute atomic E-state index is 0.0579. The van der Waals surface area contributed by atoms with Gasteiger partial charge in [0.05, 0.1) is 28.8 Å². The Morgan fingerprint density at radius 2 is 2.17 bits per heavy atom. The lowest BCUT2D eigenvalue weighted by Gasteiger charge is -2.26. The molecule has 1 aliphatic rings. The molecular weight excluding hydrogens is 348 g/mol. The average molecular weight is 367 g/mol. The van der Waals surface area contributed by atoms with Crippen LogP contribution in [0.2, 0.25) is 5.02 Å². The van der Waals surface area contributed by atoms with Crippen molar-refractivity contribution in [2.45, 2.75) is 13.3 Å². The number of thiazole rings is 1. The maximum absolute atomic E-state index is 12.4. The van der Waals surface area contributed by atoms with Gasteiger partial charge in [-0.25, -0.2) is 9.97 Å². The lowest BCUT2D eigenvalue weighted by molar-refractivity contribution is 0.0302. The van der Waals surface area contributed by atoms with E-state index >= 15 is 0 Å². The van der Waals surface area contributed by atoms with Crippen LogP contribution < -0.4 is 5.32 Å². The molecule has 0 spiro atoms. The summed E-state index contributed by atoms with van der Waals surface area (Å²) in [5.74, 6) is 0.529. The Bertz CT molecular complexity index is 716. The smallest absolute Gasteiger partial charge is 0.255 e. The lowest BCUT2D eigenvalue weighted by atomic mass is 10.2. The molecule has 0 bridgehead atoms. The second-order valence-electron chi connectivity index (χ2n) is 5.50. The topological polar surface area (TPSA) is 67.4 Å². The molecule has 0 aliphatic carbocycles. The van der Waals surface area contributed by atoms with Crippen molar-refractivity contribution in [3.8, 4) is 0 Å². The van der Waals surface area contributed by atoms with E-state index < -0.39 is 0 Å². The summed E-state index contributed by atoms with van der Waals surface area (Å²) in [6, 6.07) is 1.67. The normalized spacial score (nSPS) is 14.7. The third-order valence-electron chi connectivity index (χ3n) is 3.69. The van der Waals surface area contributed by atoms with Gasteiger partial charge < -0.3 is 15.0 Å². The first-order chi connectivity index (χ1) is 11.6. The van der Waals surface area contributed by atoms with Crippen molar-refractivity contribution in [2.75, 3.05) is 38.2 Å². The second-order valence-corrected chi connectivity index (χ2v) is 7.23. The number of nitrogens with zero attached hydrogens (tertiary/aromatic N) is 3. The third kappa shape index (κ3) is 4.23. The summed E-state index contributed by atoms with van der Waals surface area (Å²) in [5, 5.41) is 4.72. The summed E-state index contributed by atoms with van der Waals surface area (Å²) >= 11 is 7.95. The number of halogens is 1. The van der Waals surface area contributed by atoms with Gasteiger partial charge in [-0.2, -0.15) is 0 Å². The molecule has 24 heavy (non-hydrogen) atoms. The Balaban J connectivity index is 1.58. The summed E-state index contributed by atoms with van der Waals surface area (Å²) in [6.07, 6.45) is 4.25. The van der Waals surface area contributed by atoms with E-state index in [0.717, 1.165) is 11.4 Å². The van der Waals surface area contributed by atoms with Crippen molar-refractivity contribution in [3.05, 3.63) is 38.9 Å². The van der Waals surface area contributed by atoms with Gasteiger partial charge in [-0.05, 0) is 13.0 Å². The number of ether oxygens (including phenoxy) is 1. The number of carbonyl (C=O) groups is 1. The molecule has 3 rings (SSSR count). The molecule has 1 amide bonds. The van der Waals surface area contributed by atoms with Gasteiger partial charge in [-0.1, -0.05) is 11.6 Å². The number of aromatic nitrogens is 2. The molecule has 0 radical (unpaired) electrons. The summed E-state index contributed by atoms with van der Waals surface area (Å²) < 4.78 is 5.26. The van der Waals surface area contributed by atoms with Crippen molar-refractivity contribution in [2.24, 2.45) is 0 Å². The van der Waals surface area contributed by atoms with Crippen molar-refractivity contribution < 1.29 is 9.53 Å². The molecule has 2 aromatic rings. The van der Waals surface area contributed by atoms with E-state index in [0.29, 0.717) is 49.3 Å². The van der Waals surface area contributed by atoms with Crippen LogP contribution in [0.5, 0.6) is 0 Å². The van der Waals surface area contributed by atoms with Crippen LogP contribution in [-0.2, 0) is 11.2 Å². The highest BCUT2D eigenvalue weighted by Gasteiger charge is 2.19. The van der Waals surface area contributed by atoms with Crippen LogP contribution in [-0.4, -0.2) is 53.6 Å². The molecule has 1 saturated heterocycles. The zero-order chi connectivity index (χ0) is 16.9. The predicted octanol–water partition coefficient (Wildman–Crippen LogP) is 2.63. The second kappa shape index (κ2) is 7.92. The number of rotatable bonds is 5. The number of hydrogen-bond acceptors (Lipinski definition) is 6. The van der Waals surface area contributed by atoms with Gasteiger partial charge in [0.1, 0.15) is 5.82 Å². The van der Waals surface area contributed by atoms with Gasteiger partial charge in [0, 0.05) is 43.3 Å². The van der Waals surface area contributed by atoms with Crippen LogP contribution in [0.1, 0.15) is 20.2 Å². The zero-order valence-corrected chi connectivity index (χ0v) is 15.0. The molecule has 3 heterocycles. The van der Waals surface area contributed by atoms with Crippen LogP contribution in [0.4, 0.5) is 5.82 Å². The summed E-state index contributed by atoms with van der Waals surface area (Å²) in [7, 11) is 0. The summed E-state index contributed by atoms with van der Waals surface area (Å²) in [6.45, 7) is 5.08. The van der Waals surface area contributed by atoms with Crippen LogP contribution >= 0.6 is 22.9 Å². The molecule has 1 fully saturated rings. The van der Waals surface area contributed by atoms with Gasteiger partial charge in [0.2, 0.25) is 0 Å². The third-order valence-corrected chi connectivity index (χ3v) is 4.95. The Morgan fingerprint density at radius 3 is 2.83 bits per heavy atom. The highest BCUT2D eigenvalue weighted by atomic mass is 35.5. The Morgan fingerprint density at radius 1 is 1.38 bits per heavy atom. The summed E-state index contributed by atoms with van der Waals surface area (Å²) in [5.41, 5.74) is 0.503. The molecule has 0 aromatic carbocycles. The number of nitrogens with one attached hydrogen (secondary N) is 1. The molecule has 1 N–H and O–H groups in total. The first-order valence-corrected chi connectivity index (χ1v) is 9.00. The summed E-state index contributed by atoms with van der Waals surface area (Å²) in [4.78, 5) is 24.0. The Labute approximate surface area is 149 Å². The van der Waals surface area contributed by atoms with E-state index in [4.69, 9.17) is 16.3 Å². The van der Waals surface area contributed by atoms with E-state index in [-0.39, 0.29) is 5.91 Å². The largest absolute Gasteiger partial charge is 0.378 e. The van der Waals surface area contributed by atoms with E-state index in [2.05, 4.69) is 15.3 Å². The van der Waals surface area contributed by atoms with Gasteiger partial charge >= 0.3 is 0 Å². The van der Waals surface area contributed by atoms with Gasteiger partial charge in [0.15, 0.2) is 0 Å². The van der Waals surface area contributed by atoms with Crippen molar-refractivity contribution in [1.29, 1.82) is 0 Å². The van der Waals surface area contributed by atoms with Crippen molar-refractivity contribution >= 4 is 34.7 Å². The molecule has 0 atom stereocenters. The van der Waals surface area contributed by atoms with E-state index in [1.807, 2.05) is 13.1 Å². The standard InChI is InChI=1S/C16H19ClN4O2S/c1-11-9-19-14(24-11)2-3-18-15-13(17)8-12(10-20-15)16(22)21-4-6-23-7-5-21/h8-10H,2-7H2,1H3,(H,18,20). The van der Waals surface area contributed by atoms with Gasteiger partial charge in [-0.15, -0.1) is 11.3 Å². The molecular formula is C16H19ClN4O2S. The van der Waals surface area contributed by atoms with Crippen molar-refractivity contribution in [3.63, 3.8) is 0 Å². The predicted molar refractivity (Wildman–Crippen MR) is 95.0 cm³/mol. The monoisotopic (exact) mass is 366 g/mol. The highest BCUT2D eigenvalue weighted by Crippen LogP contribution is 2.21. The number of amides is 1. The quantitative estimate of drug-likeness (QED) is 0.881. The Kier molecular flexibility index (Phi) is 5.65. The van der Waals surface area contributed by atoms with Gasteiger partial charge in [0.25, 0.3) is 5.91 Å². The number of hydrogen-bond donors (Lipinski definition) is 1. The van der Waals surface area contributed by atoms with E-state index in [1.54, 1.807) is 28.5 Å². The van der Waals surface area contributed by atoms with Crippen LogP contribution in [0.25, 0.3) is 0 Å². The SMILES string of the molecule is Cc1cnc(CCNc2ncc(C(=O)N3CCOCC3)cc2Cl)s1. The number of carbonyl (C=O) groups excluding carboxylic acids is 1. The highest BCUT2D eigenvalue weighted by molar-refractivity contribution is 7.11. The van der Waals surface area contributed by atoms with E-state index in [1.165, 1.54) is 4.88 Å². The number of pyridine rings is 1. The van der Waals surface area contributed by atoms with Crippen LogP contribution in [0.15, 0.2) is 18.5 Å². The minimum atomic E-state index is -0.0579. The molecule has 1 aliphatic heterocycles. The number of aryl methyl sites for hydroxylation is 1. The molecule has 2 aromatic heterocycles.